The average Bonchev–Trinajstić information content (AvgIpc) is 2.31. The second-order valence-corrected chi connectivity index (χ2v) is 6.63. The molecule has 0 saturated heterocycles. The minimum atomic E-state index is -3.37. The van der Waals surface area contributed by atoms with E-state index in [9.17, 15) is 8.42 Å². The first-order valence-electron chi connectivity index (χ1n) is 6.29. The average molecular weight is 286 g/mol. The Morgan fingerprint density at radius 2 is 2.00 bits per heavy atom. The number of hydrogen-bond donors (Lipinski definition) is 2. The maximum Gasteiger partial charge on any atom is 0.215 e. The molecule has 1 rings (SSSR count). The van der Waals surface area contributed by atoms with Crippen LogP contribution in [0.2, 0.25) is 0 Å². The Morgan fingerprint density at radius 3 is 2.63 bits per heavy atom. The molecule has 0 amide bonds. The molecule has 0 fully saturated rings. The maximum absolute atomic E-state index is 11.8. The molecule has 0 radical (unpaired) electrons. The number of nitrogens with one attached hydrogen (secondary N) is 1. The Labute approximate surface area is 115 Å². The standard InChI is InChI=1S/C13H22N2O3S/c1-11(2)9-18-8-7-15-19(16,17)10-12-5-3-4-6-13(12)14/h3-6,11,15H,7-10,14H2,1-2H3. The summed E-state index contributed by atoms with van der Waals surface area (Å²) in [5, 5.41) is 0. The molecule has 0 aliphatic rings. The van der Waals surface area contributed by atoms with Crippen molar-refractivity contribution in [2.45, 2.75) is 19.6 Å². The molecule has 0 aliphatic carbocycles. The van der Waals surface area contributed by atoms with E-state index in [0.29, 0.717) is 30.4 Å². The fourth-order valence-corrected chi connectivity index (χ4v) is 2.68. The van der Waals surface area contributed by atoms with Gasteiger partial charge in [-0.05, 0) is 17.5 Å². The van der Waals surface area contributed by atoms with Gasteiger partial charge in [0.05, 0.1) is 12.4 Å². The van der Waals surface area contributed by atoms with E-state index in [1.807, 2.05) is 13.8 Å². The molecular formula is C13H22N2O3S. The van der Waals surface area contributed by atoms with Gasteiger partial charge in [-0.3, -0.25) is 0 Å². The first kappa shape index (κ1) is 15.9. The summed E-state index contributed by atoms with van der Waals surface area (Å²) in [5.41, 5.74) is 6.82. The van der Waals surface area contributed by atoms with Crippen molar-refractivity contribution >= 4 is 15.7 Å². The van der Waals surface area contributed by atoms with Gasteiger partial charge in [-0.1, -0.05) is 32.0 Å². The highest BCUT2D eigenvalue weighted by molar-refractivity contribution is 7.88. The van der Waals surface area contributed by atoms with Crippen molar-refractivity contribution in [1.29, 1.82) is 0 Å². The highest BCUT2D eigenvalue weighted by Gasteiger charge is 2.12. The van der Waals surface area contributed by atoms with Crippen LogP contribution in [0.1, 0.15) is 19.4 Å². The van der Waals surface area contributed by atoms with Crippen molar-refractivity contribution in [2.24, 2.45) is 5.92 Å². The van der Waals surface area contributed by atoms with Crippen LogP contribution in [-0.2, 0) is 20.5 Å². The Kier molecular flexibility index (Phi) is 6.27. The zero-order valence-corrected chi connectivity index (χ0v) is 12.2. The summed E-state index contributed by atoms with van der Waals surface area (Å²) in [7, 11) is -3.37. The maximum atomic E-state index is 11.8. The predicted octanol–water partition coefficient (Wildman–Crippen LogP) is 1.36. The molecule has 0 aliphatic heterocycles. The molecule has 19 heavy (non-hydrogen) atoms. The van der Waals surface area contributed by atoms with Crippen LogP contribution in [0.3, 0.4) is 0 Å². The first-order valence-corrected chi connectivity index (χ1v) is 7.94. The highest BCUT2D eigenvalue weighted by Crippen LogP contribution is 2.13. The lowest BCUT2D eigenvalue weighted by Crippen LogP contribution is -2.29. The molecule has 0 aromatic heterocycles. The molecule has 0 unspecified atom stereocenters. The molecule has 1 aromatic carbocycles. The topological polar surface area (TPSA) is 81.4 Å². The Balaban J connectivity index is 2.38. The van der Waals surface area contributed by atoms with Crippen LogP contribution >= 0.6 is 0 Å². The van der Waals surface area contributed by atoms with Gasteiger partial charge >= 0.3 is 0 Å². The van der Waals surface area contributed by atoms with Gasteiger partial charge in [0, 0.05) is 18.8 Å². The van der Waals surface area contributed by atoms with Gasteiger partial charge in [0.25, 0.3) is 0 Å². The van der Waals surface area contributed by atoms with Gasteiger partial charge in [-0.25, -0.2) is 13.1 Å². The van der Waals surface area contributed by atoms with Crippen LogP contribution in [-0.4, -0.2) is 28.2 Å². The van der Waals surface area contributed by atoms with E-state index in [1.165, 1.54) is 0 Å². The lowest BCUT2D eigenvalue weighted by atomic mass is 10.2. The van der Waals surface area contributed by atoms with Gasteiger partial charge in [-0.2, -0.15) is 0 Å². The summed E-state index contributed by atoms with van der Waals surface area (Å²) in [6, 6.07) is 6.95. The first-order chi connectivity index (χ1) is 8.91. The summed E-state index contributed by atoms with van der Waals surface area (Å²) >= 11 is 0. The normalized spacial score (nSPS) is 11.9. The van der Waals surface area contributed by atoms with Gasteiger partial charge in [-0.15, -0.1) is 0 Å². The molecule has 6 heteroatoms. The summed E-state index contributed by atoms with van der Waals surface area (Å²) < 4.78 is 31.5. The largest absolute Gasteiger partial charge is 0.398 e. The lowest BCUT2D eigenvalue weighted by molar-refractivity contribution is 0.114. The predicted molar refractivity (Wildman–Crippen MR) is 77.1 cm³/mol. The van der Waals surface area contributed by atoms with E-state index < -0.39 is 10.0 Å². The molecule has 1 aromatic rings. The molecule has 3 N–H and O–H groups in total. The van der Waals surface area contributed by atoms with E-state index in [0.717, 1.165) is 0 Å². The van der Waals surface area contributed by atoms with E-state index in [2.05, 4.69) is 4.72 Å². The van der Waals surface area contributed by atoms with Crippen molar-refractivity contribution in [3.8, 4) is 0 Å². The summed E-state index contributed by atoms with van der Waals surface area (Å²) in [6.45, 7) is 5.38. The molecule has 0 saturated carbocycles. The Hall–Kier alpha value is -1.11. The zero-order chi connectivity index (χ0) is 14.3. The lowest BCUT2D eigenvalue weighted by Gasteiger charge is -2.10. The minimum Gasteiger partial charge on any atom is -0.398 e. The van der Waals surface area contributed by atoms with E-state index >= 15 is 0 Å². The van der Waals surface area contributed by atoms with Gasteiger partial charge in [0.15, 0.2) is 0 Å². The number of para-hydroxylation sites is 1. The minimum absolute atomic E-state index is 0.107. The van der Waals surface area contributed by atoms with Gasteiger partial charge in [0.1, 0.15) is 0 Å². The second-order valence-electron chi connectivity index (χ2n) is 4.82. The summed E-state index contributed by atoms with van der Waals surface area (Å²) in [5.74, 6) is 0.338. The third-order valence-electron chi connectivity index (χ3n) is 2.42. The third kappa shape index (κ3) is 6.56. The van der Waals surface area contributed by atoms with Crippen molar-refractivity contribution < 1.29 is 13.2 Å². The number of nitrogens with two attached hydrogens (primary N) is 1. The van der Waals surface area contributed by atoms with Crippen LogP contribution < -0.4 is 10.5 Å². The number of sulfonamides is 1. The number of rotatable bonds is 8. The fourth-order valence-electron chi connectivity index (χ4n) is 1.51. The van der Waals surface area contributed by atoms with Crippen LogP contribution in [0.4, 0.5) is 5.69 Å². The second kappa shape index (κ2) is 7.47. The Morgan fingerprint density at radius 1 is 1.32 bits per heavy atom. The number of hydrogen-bond acceptors (Lipinski definition) is 4. The van der Waals surface area contributed by atoms with Crippen LogP contribution in [0.25, 0.3) is 0 Å². The van der Waals surface area contributed by atoms with Crippen molar-refractivity contribution in [2.75, 3.05) is 25.5 Å². The summed E-state index contributed by atoms with van der Waals surface area (Å²) in [6.07, 6.45) is 0. The summed E-state index contributed by atoms with van der Waals surface area (Å²) in [4.78, 5) is 0. The number of ether oxygens (including phenoxy) is 1. The Bertz CT molecular complexity index is 486. The van der Waals surface area contributed by atoms with Crippen molar-refractivity contribution in [1.82, 2.24) is 4.72 Å². The molecule has 0 spiro atoms. The van der Waals surface area contributed by atoms with Crippen LogP contribution in [0.15, 0.2) is 24.3 Å². The van der Waals surface area contributed by atoms with Gasteiger partial charge in [0.2, 0.25) is 10.0 Å². The van der Waals surface area contributed by atoms with E-state index in [4.69, 9.17) is 10.5 Å². The van der Waals surface area contributed by atoms with Crippen LogP contribution in [0.5, 0.6) is 0 Å². The van der Waals surface area contributed by atoms with Crippen molar-refractivity contribution in [3.05, 3.63) is 29.8 Å². The molecule has 0 heterocycles. The molecule has 5 nitrogen and oxygen atoms in total. The number of nitrogen functional groups attached to an aromatic ring is 1. The smallest absolute Gasteiger partial charge is 0.215 e. The number of benzene rings is 1. The third-order valence-corrected chi connectivity index (χ3v) is 3.76. The monoisotopic (exact) mass is 286 g/mol. The van der Waals surface area contributed by atoms with E-state index in [-0.39, 0.29) is 12.3 Å². The highest BCUT2D eigenvalue weighted by atomic mass is 32.2. The SMILES string of the molecule is CC(C)COCCNS(=O)(=O)Cc1ccccc1N. The molecular weight excluding hydrogens is 264 g/mol. The van der Waals surface area contributed by atoms with Gasteiger partial charge < -0.3 is 10.5 Å². The van der Waals surface area contributed by atoms with E-state index in [1.54, 1.807) is 24.3 Å². The zero-order valence-electron chi connectivity index (χ0n) is 11.4. The quantitative estimate of drug-likeness (QED) is 0.558. The molecule has 108 valence electrons. The fraction of sp³-hybridized carbons (Fsp3) is 0.538. The van der Waals surface area contributed by atoms with Crippen LogP contribution in [0, 0.1) is 5.92 Å². The van der Waals surface area contributed by atoms with Crippen molar-refractivity contribution in [3.63, 3.8) is 0 Å². The number of anilines is 1. The molecule has 0 bridgehead atoms. The molecule has 0 atom stereocenters.